The summed E-state index contributed by atoms with van der Waals surface area (Å²) in [6, 6.07) is 6.87. The molecule has 0 fully saturated rings. The molecule has 0 atom stereocenters. The fourth-order valence-corrected chi connectivity index (χ4v) is 3.30. The molecule has 3 aromatic rings. The summed E-state index contributed by atoms with van der Waals surface area (Å²) in [5.41, 5.74) is 1.81. The van der Waals surface area contributed by atoms with Crippen molar-refractivity contribution >= 4 is 40.5 Å². The van der Waals surface area contributed by atoms with E-state index in [4.69, 9.17) is 16.3 Å². The zero-order valence-electron chi connectivity index (χ0n) is 14.5. The number of hydrogen-bond acceptors (Lipinski definition) is 7. The summed E-state index contributed by atoms with van der Waals surface area (Å²) in [5, 5.41) is 3.73. The highest BCUT2D eigenvalue weighted by Crippen LogP contribution is 2.26. The van der Waals surface area contributed by atoms with E-state index < -0.39 is 18.5 Å². The van der Waals surface area contributed by atoms with Gasteiger partial charge in [0, 0.05) is 23.1 Å². The molecule has 2 aromatic heterocycles. The lowest BCUT2D eigenvalue weighted by atomic mass is 10.2. The number of thiazole rings is 1. The van der Waals surface area contributed by atoms with E-state index in [1.165, 1.54) is 0 Å². The zero-order valence-corrected chi connectivity index (χ0v) is 16.1. The van der Waals surface area contributed by atoms with Crippen LogP contribution >= 0.6 is 22.9 Å². The number of aromatic nitrogens is 3. The topological polar surface area (TPSA) is 94.1 Å². The minimum atomic E-state index is -0.620. The van der Waals surface area contributed by atoms with Crippen LogP contribution in [0.4, 0.5) is 5.69 Å². The average molecular weight is 403 g/mol. The van der Waals surface area contributed by atoms with Crippen molar-refractivity contribution in [3.05, 3.63) is 57.8 Å². The van der Waals surface area contributed by atoms with Gasteiger partial charge in [0.25, 0.3) is 5.91 Å². The average Bonchev–Trinajstić information content (AvgIpc) is 3.06. The third-order valence-electron chi connectivity index (χ3n) is 3.62. The molecular formula is C18H15ClN4O3S. The standard InChI is InChI=1S/C18H15ClN4O3S/c1-10-12(19)5-3-6-13(10)23-14(24)9-26-18(25)15-11(2)22-17(27-15)16-20-7-4-8-21-16/h3-8H,9H2,1-2H3,(H,23,24). The Bertz CT molecular complexity index is 992. The number of nitrogens with zero attached hydrogens (tertiary/aromatic N) is 3. The molecule has 1 aromatic carbocycles. The van der Waals surface area contributed by atoms with Gasteiger partial charge in [0.1, 0.15) is 4.88 Å². The summed E-state index contributed by atoms with van der Waals surface area (Å²) in [6.07, 6.45) is 3.19. The highest BCUT2D eigenvalue weighted by Gasteiger charge is 2.20. The number of carbonyl (C=O) groups excluding carboxylic acids is 2. The van der Waals surface area contributed by atoms with Crippen LogP contribution in [0.25, 0.3) is 10.8 Å². The molecule has 0 saturated carbocycles. The van der Waals surface area contributed by atoms with Crippen molar-refractivity contribution in [2.24, 2.45) is 0 Å². The van der Waals surface area contributed by atoms with Crippen LogP contribution in [0.15, 0.2) is 36.7 Å². The fourth-order valence-electron chi connectivity index (χ4n) is 2.22. The number of rotatable bonds is 5. The molecule has 0 aliphatic heterocycles. The van der Waals surface area contributed by atoms with Crippen LogP contribution < -0.4 is 5.32 Å². The summed E-state index contributed by atoms with van der Waals surface area (Å²) < 4.78 is 5.11. The van der Waals surface area contributed by atoms with Crippen molar-refractivity contribution in [2.45, 2.75) is 13.8 Å². The van der Waals surface area contributed by atoms with E-state index >= 15 is 0 Å². The monoisotopic (exact) mass is 402 g/mol. The first kappa shape index (κ1) is 18.9. The molecule has 3 rings (SSSR count). The van der Waals surface area contributed by atoms with Crippen LogP contribution in [0.5, 0.6) is 0 Å². The van der Waals surface area contributed by atoms with Gasteiger partial charge in [0.2, 0.25) is 0 Å². The van der Waals surface area contributed by atoms with Gasteiger partial charge in [-0.25, -0.2) is 19.7 Å². The van der Waals surface area contributed by atoms with Gasteiger partial charge in [0.05, 0.1) is 5.69 Å². The van der Waals surface area contributed by atoms with Crippen LogP contribution in [0.1, 0.15) is 20.9 Å². The number of carbonyl (C=O) groups is 2. The second-order valence-electron chi connectivity index (χ2n) is 5.54. The fraction of sp³-hybridized carbons (Fsp3) is 0.167. The highest BCUT2D eigenvalue weighted by molar-refractivity contribution is 7.16. The Balaban J connectivity index is 1.63. The lowest BCUT2D eigenvalue weighted by molar-refractivity contribution is -0.119. The molecule has 9 heteroatoms. The number of nitrogens with one attached hydrogen (secondary N) is 1. The molecule has 0 aliphatic carbocycles. The van der Waals surface area contributed by atoms with Crippen molar-refractivity contribution in [1.82, 2.24) is 15.0 Å². The Morgan fingerprint density at radius 1 is 1.19 bits per heavy atom. The van der Waals surface area contributed by atoms with Crippen molar-refractivity contribution < 1.29 is 14.3 Å². The minimum Gasteiger partial charge on any atom is -0.451 e. The number of benzene rings is 1. The first-order valence-electron chi connectivity index (χ1n) is 7.92. The Labute approximate surface area is 164 Å². The maximum absolute atomic E-state index is 12.3. The first-order chi connectivity index (χ1) is 13.0. The molecule has 0 spiro atoms. The summed E-state index contributed by atoms with van der Waals surface area (Å²) >= 11 is 7.14. The molecule has 0 unspecified atom stereocenters. The number of ether oxygens (including phenoxy) is 1. The van der Waals surface area contributed by atoms with Gasteiger partial charge >= 0.3 is 5.97 Å². The molecule has 27 heavy (non-hydrogen) atoms. The number of halogens is 1. The maximum Gasteiger partial charge on any atom is 0.350 e. The minimum absolute atomic E-state index is 0.309. The summed E-state index contributed by atoms with van der Waals surface area (Å²) in [5.74, 6) is -0.647. The molecule has 7 nitrogen and oxygen atoms in total. The van der Waals surface area contributed by atoms with Gasteiger partial charge in [-0.15, -0.1) is 11.3 Å². The van der Waals surface area contributed by atoms with Crippen LogP contribution in [-0.2, 0) is 9.53 Å². The second-order valence-corrected chi connectivity index (χ2v) is 6.95. The largest absolute Gasteiger partial charge is 0.451 e. The zero-order chi connectivity index (χ0) is 19.4. The van der Waals surface area contributed by atoms with E-state index in [2.05, 4.69) is 20.3 Å². The van der Waals surface area contributed by atoms with Crippen molar-refractivity contribution in [2.75, 3.05) is 11.9 Å². The molecular weight excluding hydrogens is 388 g/mol. The van der Waals surface area contributed by atoms with Crippen LogP contribution in [0.3, 0.4) is 0 Å². The Hall–Kier alpha value is -2.84. The normalized spacial score (nSPS) is 10.5. The van der Waals surface area contributed by atoms with Gasteiger partial charge in [-0.1, -0.05) is 17.7 Å². The molecule has 138 valence electrons. The van der Waals surface area contributed by atoms with E-state index in [1.807, 2.05) is 0 Å². The third-order valence-corrected chi connectivity index (χ3v) is 5.16. The van der Waals surface area contributed by atoms with Gasteiger partial charge in [0.15, 0.2) is 17.4 Å². The Morgan fingerprint density at radius 3 is 2.67 bits per heavy atom. The van der Waals surface area contributed by atoms with Crippen molar-refractivity contribution in [3.8, 4) is 10.8 Å². The first-order valence-corrected chi connectivity index (χ1v) is 9.12. The summed E-state index contributed by atoms with van der Waals surface area (Å²) in [4.78, 5) is 37.2. The smallest absolute Gasteiger partial charge is 0.350 e. The summed E-state index contributed by atoms with van der Waals surface area (Å²) in [7, 11) is 0. The molecule has 0 saturated heterocycles. The van der Waals surface area contributed by atoms with Gasteiger partial charge in [-0.3, -0.25) is 4.79 Å². The quantitative estimate of drug-likeness (QED) is 0.654. The number of aryl methyl sites for hydroxylation is 1. The molecule has 0 radical (unpaired) electrons. The SMILES string of the molecule is Cc1nc(-c2ncccn2)sc1C(=O)OCC(=O)Nc1cccc(Cl)c1C. The van der Waals surface area contributed by atoms with E-state index in [0.29, 0.717) is 32.1 Å². The number of esters is 1. The maximum atomic E-state index is 12.3. The van der Waals surface area contributed by atoms with Gasteiger partial charge < -0.3 is 10.1 Å². The van der Waals surface area contributed by atoms with Crippen molar-refractivity contribution in [1.29, 1.82) is 0 Å². The van der Waals surface area contributed by atoms with Gasteiger partial charge in [-0.2, -0.15) is 0 Å². The van der Waals surface area contributed by atoms with E-state index in [-0.39, 0.29) is 0 Å². The van der Waals surface area contributed by atoms with Gasteiger partial charge in [-0.05, 0) is 37.6 Å². The number of anilines is 1. The third kappa shape index (κ3) is 4.47. The molecule has 1 amide bonds. The van der Waals surface area contributed by atoms with Crippen LogP contribution in [0, 0.1) is 13.8 Å². The Morgan fingerprint density at radius 2 is 1.93 bits per heavy atom. The molecule has 0 aliphatic rings. The Kier molecular flexibility index (Phi) is 5.78. The lowest BCUT2D eigenvalue weighted by Crippen LogP contribution is -2.21. The number of hydrogen-bond donors (Lipinski definition) is 1. The second kappa shape index (κ2) is 8.24. The predicted octanol–water partition coefficient (Wildman–Crippen LogP) is 3.67. The molecule has 1 N–H and O–H groups in total. The molecule has 0 bridgehead atoms. The molecule has 2 heterocycles. The highest BCUT2D eigenvalue weighted by atomic mass is 35.5. The summed E-state index contributed by atoms with van der Waals surface area (Å²) in [6.45, 7) is 3.06. The lowest BCUT2D eigenvalue weighted by Gasteiger charge is -2.09. The van der Waals surface area contributed by atoms with Crippen molar-refractivity contribution in [3.63, 3.8) is 0 Å². The van der Waals surface area contributed by atoms with E-state index in [1.54, 1.807) is 50.5 Å². The number of amides is 1. The van der Waals surface area contributed by atoms with E-state index in [9.17, 15) is 9.59 Å². The predicted molar refractivity (Wildman–Crippen MR) is 103 cm³/mol. The van der Waals surface area contributed by atoms with E-state index in [0.717, 1.165) is 16.9 Å². The van der Waals surface area contributed by atoms with Crippen LogP contribution in [-0.4, -0.2) is 33.4 Å². The van der Waals surface area contributed by atoms with Crippen LogP contribution in [0.2, 0.25) is 5.02 Å².